The first-order chi connectivity index (χ1) is 10.9. The summed E-state index contributed by atoms with van der Waals surface area (Å²) in [6.45, 7) is 2.44. The fraction of sp³-hybridized carbons (Fsp3) is 0.562. The Bertz CT molecular complexity index is 614. The van der Waals surface area contributed by atoms with Gasteiger partial charge in [0.05, 0.1) is 19.3 Å². The van der Waals surface area contributed by atoms with E-state index in [0.717, 1.165) is 18.7 Å². The molecular formula is C16H20N4O2. The molecule has 1 saturated heterocycles. The van der Waals surface area contributed by atoms with Gasteiger partial charge in [-0.1, -0.05) is 18.0 Å². The van der Waals surface area contributed by atoms with E-state index in [0.29, 0.717) is 30.4 Å². The molecular weight excluding hydrogens is 280 g/mol. The summed E-state index contributed by atoms with van der Waals surface area (Å²) in [4.78, 5) is 11.0. The van der Waals surface area contributed by atoms with Crippen molar-refractivity contribution in [3.63, 3.8) is 0 Å². The number of rotatable bonds is 3. The molecule has 0 radical (unpaired) electrons. The van der Waals surface area contributed by atoms with Crippen molar-refractivity contribution in [3.05, 3.63) is 30.4 Å². The Kier molecular flexibility index (Phi) is 3.86. The second-order valence-electron chi connectivity index (χ2n) is 5.98. The fourth-order valence-corrected chi connectivity index (χ4v) is 3.48. The van der Waals surface area contributed by atoms with Gasteiger partial charge in [-0.25, -0.2) is 0 Å². The molecule has 4 rings (SSSR count). The lowest BCUT2D eigenvalue weighted by Gasteiger charge is -2.43. The maximum absolute atomic E-state index is 5.91. The van der Waals surface area contributed by atoms with Crippen LogP contribution in [0.4, 0.5) is 0 Å². The molecule has 0 spiro atoms. The Morgan fingerprint density at radius 2 is 2.23 bits per heavy atom. The molecule has 1 saturated carbocycles. The first-order valence-electron chi connectivity index (χ1n) is 7.99. The second-order valence-corrected chi connectivity index (χ2v) is 5.98. The number of hydrogen-bond donors (Lipinski definition) is 0. The zero-order chi connectivity index (χ0) is 14.8. The van der Waals surface area contributed by atoms with Gasteiger partial charge in [-0.15, -0.1) is 0 Å². The molecule has 6 nitrogen and oxygen atoms in total. The van der Waals surface area contributed by atoms with Crippen LogP contribution in [0, 0.1) is 0 Å². The second kappa shape index (κ2) is 6.14. The van der Waals surface area contributed by atoms with E-state index in [4.69, 9.17) is 9.26 Å². The van der Waals surface area contributed by atoms with Gasteiger partial charge in [0.25, 0.3) is 0 Å². The van der Waals surface area contributed by atoms with Crippen LogP contribution < -0.4 is 0 Å². The maximum Gasteiger partial charge on any atom is 0.241 e. The molecule has 2 atom stereocenters. The minimum absolute atomic E-state index is 0.378. The van der Waals surface area contributed by atoms with Crippen molar-refractivity contribution >= 4 is 0 Å². The normalized spacial score (nSPS) is 25.8. The monoisotopic (exact) mass is 300 g/mol. The van der Waals surface area contributed by atoms with E-state index >= 15 is 0 Å². The third-order valence-corrected chi connectivity index (χ3v) is 4.57. The van der Waals surface area contributed by atoms with Crippen LogP contribution in [0.3, 0.4) is 0 Å². The number of aromatic nitrogens is 3. The predicted octanol–water partition coefficient (Wildman–Crippen LogP) is 2.28. The molecule has 2 aromatic heterocycles. The van der Waals surface area contributed by atoms with E-state index in [-0.39, 0.29) is 0 Å². The van der Waals surface area contributed by atoms with Gasteiger partial charge in [-0.3, -0.25) is 9.88 Å². The van der Waals surface area contributed by atoms with Gasteiger partial charge in [0, 0.05) is 30.5 Å². The van der Waals surface area contributed by atoms with E-state index in [1.807, 2.05) is 12.1 Å². The molecule has 0 aromatic carbocycles. The average molecular weight is 300 g/mol. The van der Waals surface area contributed by atoms with E-state index in [1.165, 1.54) is 25.7 Å². The van der Waals surface area contributed by atoms with Gasteiger partial charge in [-0.2, -0.15) is 4.98 Å². The number of morpholine rings is 1. The first kappa shape index (κ1) is 13.8. The Hall–Kier alpha value is -1.79. The molecule has 22 heavy (non-hydrogen) atoms. The van der Waals surface area contributed by atoms with Gasteiger partial charge in [-0.05, 0) is 25.0 Å². The Morgan fingerprint density at radius 1 is 1.27 bits per heavy atom. The minimum atomic E-state index is 0.378. The smallest absolute Gasteiger partial charge is 0.241 e. The zero-order valence-electron chi connectivity index (χ0n) is 12.5. The van der Waals surface area contributed by atoms with Crippen LogP contribution in [-0.4, -0.2) is 45.3 Å². The standard InChI is InChI=1S/C16H20N4O2/c1-2-6-14-13(5-1)20(8-9-21-14)11-15-18-16(19-22-15)12-4-3-7-17-10-12/h3-4,7,10,13-14H,1-2,5-6,8-9,11H2/t13-,14+/m0/s1. The van der Waals surface area contributed by atoms with Crippen LogP contribution in [0.25, 0.3) is 11.4 Å². The Labute approximate surface area is 129 Å². The number of pyridine rings is 1. The molecule has 1 aliphatic heterocycles. The molecule has 6 heteroatoms. The van der Waals surface area contributed by atoms with Crippen molar-refractivity contribution in [2.75, 3.05) is 13.2 Å². The summed E-state index contributed by atoms with van der Waals surface area (Å²) in [5, 5.41) is 4.07. The molecule has 2 aromatic rings. The zero-order valence-corrected chi connectivity index (χ0v) is 12.5. The van der Waals surface area contributed by atoms with Crippen LogP contribution in [0.1, 0.15) is 31.6 Å². The summed E-state index contributed by atoms with van der Waals surface area (Å²) in [6.07, 6.45) is 8.80. The quantitative estimate of drug-likeness (QED) is 0.866. The van der Waals surface area contributed by atoms with Crippen molar-refractivity contribution < 1.29 is 9.26 Å². The maximum atomic E-state index is 5.91. The topological polar surface area (TPSA) is 64.3 Å². The van der Waals surface area contributed by atoms with Crippen LogP contribution in [-0.2, 0) is 11.3 Å². The number of hydrogen-bond acceptors (Lipinski definition) is 6. The van der Waals surface area contributed by atoms with E-state index in [1.54, 1.807) is 12.4 Å². The summed E-state index contributed by atoms with van der Waals surface area (Å²) in [7, 11) is 0. The van der Waals surface area contributed by atoms with Crippen molar-refractivity contribution in [1.29, 1.82) is 0 Å². The molecule has 116 valence electrons. The molecule has 2 fully saturated rings. The summed E-state index contributed by atoms with van der Waals surface area (Å²) in [5.74, 6) is 1.28. The SMILES string of the molecule is c1cncc(-c2noc(CN3CCO[C@@H]4CCCC[C@@H]43)n2)c1. The van der Waals surface area contributed by atoms with Crippen LogP contribution in [0.5, 0.6) is 0 Å². The number of ether oxygens (including phenoxy) is 1. The minimum Gasteiger partial charge on any atom is -0.375 e. The average Bonchev–Trinajstić information content (AvgIpc) is 3.05. The number of fused-ring (bicyclic) bond motifs is 1. The summed E-state index contributed by atoms with van der Waals surface area (Å²) >= 11 is 0. The van der Waals surface area contributed by atoms with Crippen molar-refractivity contribution in [2.45, 2.75) is 44.4 Å². The van der Waals surface area contributed by atoms with Gasteiger partial charge in [0.1, 0.15) is 0 Å². The molecule has 0 N–H and O–H groups in total. The van der Waals surface area contributed by atoms with Crippen LogP contribution in [0.2, 0.25) is 0 Å². The van der Waals surface area contributed by atoms with Crippen molar-refractivity contribution in [1.82, 2.24) is 20.0 Å². The summed E-state index contributed by atoms with van der Waals surface area (Å²) in [6, 6.07) is 4.31. The van der Waals surface area contributed by atoms with Crippen LogP contribution in [0.15, 0.2) is 29.0 Å². The van der Waals surface area contributed by atoms with Gasteiger partial charge in [0.15, 0.2) is 0 Å². The number of nitrogens with zero attached hydrogens (tertiary/aromatic N) is 4. The van der Waals surface area contributed by atoms with Gasteiger partial charge in [0.2, 0.25) is 11.7 Å². The van der Waals surface area contributed by atoms with E-state index < -0.39 is 0 Å². The fourth-order valence-electron chi connectivity index (χ4n) is 3.48. The van der Waals surface area contributed by atoms with E-state index in [9.17, 15) is 0 Å². The Balaban J connectivity index is 1.48. The Morgan fingerprint density at radius 3 is 3.14 bits per heavy atom. The highest BCUT2D eigenvalue weighted by Crippen LogP contribution is 2.29. The lowest BCUT2D eigenvalue weighted by atomic mass is 9.90. The lowest BCUT2D eigenvalue weighted by Crippen LogP contribution is -2.52. The predicted molar refractivity (Wildman–Crippen MR) is 79.9 cm³/mol. The molecule has 1 aliphatic carbocycles. The summed E-state index contributed by atoms with van der Waals surface area (Å²) < 4.78 is 11.3. The van der Waals surface area contributed by atoms with Crippen molar-refractivity contribution in [3.8, 4) is 11.4 Å². The lowest BCUT2D eigenvalue weighted by molar-refractivity contribution is -0.0933. The molecule has 0 amide bonds. The van der Waals surface area contributed by atoms with Gasteiger partial charge >= 0.3 is 0 Å². The molecule has 0 bridgehead atoms. The van der Waals surface area contributed by atoms with Gasteiger partial charge < -0.3 is 9.26 Å². The molecule has 2 aliphatic rings. The highest BCUT2D eigenvalue weighted by Gasteiger charge is 2.34. The molecule has 0 unspecified atom stereocenters. The van der Waals surface area contributed by atoms with E-state index in [2.05, 4.69) is 20.0 Å². The highest BCUT2D eigenvalue weighted by atomic mass is 16.5. The van der Waals surface area contributed by atoms with Crippen LogP contribution >= 0.6 is 0 Å². The first-order valence-corrected chi connectivity index (χ1v) is 7.99. The highest BCUT2D eigenvalue weighted by molar-refractivity contribution is 5.51. The third-order valence-electron chi connectivity index (χ3n) is 4.57. The largest absolute Gasteiger partial charge is 0.375 e. The molecule has 3 heterocycles. The summed E-state index contributed by atoms with van der Waals surface area (Å²) in [5.41, 5.74) is 0.884. The third kappa shape index (κ3) is 2.76. The van der Waals surface area contributed by atoms with Crippen molar-refractivity contribution in [2.24, 2.45) is 0 Å².